The average Bonchev–Trinajstić information content (AvgIpc) is 2.69. The second kappa shape index (κ2) is 7.74. The summed E-state index contributed by atoms with van der Waals surface area (Å²) in [4.78, 5) is 39.3. The lowest BCUT2D eigenvalue weighted by Gasteiger charge is -2.17. The summed E-state index contributed by atoms with van der Waals surface area (Å²) >= 11 is 0. The molecule has 31 heavy (non-hydrogen) atoms. The van der Waals surface area contributed by atoms with Gasteiger partial charge >= 0.3 is 12.1 Å². The Hall–Kier alpha value is -3.89. The molecule has 0 aliphatic rings. The highest BCUT2D eigenvalue weighted by atomic mass is 19.4. The molecule has 1 aromatic carbocycles. The van der Waals surface area contributed by atoms with E-state index in [1.165, 1.54) is 0 Å². The molecule has 0 bridgehead atoms. The number of carbonyl (C=O) groups is 2. The molecule has 8 nitrogen and oxygen atoms in total. The molecule has 0 aliphatic heterocycles. The standard InChI is InChI=1S/C20H16F3N3O5/c1-9-5-3-4-6-10(9)12-7-11-15(17(25-12)20(21,22)23)26(2)19(31)14(16(11)29)18(30)24-8-13(27)28/h3-7,29H,8H2,1-2H3,(H,24,30)(H,27,28). The number of hydrogen-bond donors (Lipinski definition) is 3. The number of benzene rings is 1. The number of aromatic nitrogens is 2. The molecule has 3 rings (SSSR count). The van der Waals surface area contributed by atoms with Crippen LogP contribution in [0.3, 0.4) is 0 Å². The summed E-state index contributed by atoms with van der Waals surface area (Å²) in [6.07, 6.45) is -4.97. The van der Waals surface area contributed by atoms with Crippen molar-refractivity contribution in [2.24, 2.45) is 7.05 Å². The molecule has 0 radical (unpaired) electrons. The van der Waals surface area contributed by atoms with Gasteiger partial charge in [0.05, 0.1) is 11.2 Å². The van der Waals surface area contributed by atoms with Gasteiger partial charge in [-0.1, -0.05) is 24.3 Å². The van der Waals surface area contributed by atoms with Gasteiger partial charge in [-0.25, -0.2) is 4.98 Å². The Kier molecular flexibility index (Phi) is 5.45. The van der Waals surface area contributed by atoms with Crippen LogP contribution < -0.4 is 10.9 Å². The van der Waals surface area contributed by atoms with Crippen molar-refractivity contribution in [1.82, 2.24) is 14.9 Å². The number of aryl methyl sites for hydroxylation is 2. The summed E-state index contributed by atoms with van der Waals surface area (Å²) in [5, 5.41) is 20.8. The maximum atomic E-state index is 13.8. The number of nitrogens with one attached hydrogen (secondary N) is 1. The summed E-state index contributed by atoms with van der Waals surface area (Å²) in [6.45, 7) is 0.817. The first-order valence-corrected chi connectivity index (χ1v) is 8.83. The van der Waals surface area contributed by atoms with Crippen LogP contribution in [-0.2, 0) is 18.0 Å². The SMILES string of the molecule is Cc1ccccc1-c1cc2c(O)c(C(=O)NCC(=O)O)c(=O)n(C)c2c(C(F)(F)F)n1. The Morgan fingerprint density at radius 1 is 1.23 bits per heavy atom. The largest absolute Gasteiger partial charge is 0.506 e. The molecule has 0 atom stereocenters. The van der Waals surface area contributed by atoms with Gasteiger partial charge in [0.2, 0.25) is 0 Å². The highest BCUT2D eigenvalue weighted by Crippen LogP contribution is 2.38. The molecule has 0 unspecified atom stereocenters. The van der Waals surface area contributed by atoms with Crippen LogP contribution in [0.4, 0.5) is 13.2 Å². The van der Waals surface area contributed by atoms with Crippen molar-refractivity contribution in [1.29, 1.82) is 0 Å². The van der Waals surface area contributed by atoms with Crippen LogP contribution in [-0.4, -0.2) is 38.2 Å². The van der Waals surface area contributed by atoms with Crippen molar-refractivity contribution in [3.8, 4) is 17.0 Å². The zero-order valence-electron chi connectivity index (χ0n) is 16.2. The first kappa shape index (κ1) is 21.8. The molecule has 3 N–H and O–H groups in total. The van der Waals surface area contributed by atoms with E-state index in [1.807, 2.05) is 5.32 Å². The van der Waals surface area contributed by atoms with Crippen molar-refractivity contribution in [3.63, 3.8) is 0 Å². The van der Waals surface area contributed by atoms with Crippen LogP contribution in [0.15, 0.2) is 35.1 Å². The molecule has 0 spiro atoms. The van der Waals surface area contributed by atoms with E-state index in [9.17, 15) is 32.7 Å². The second-order valence-electron chi connectivity index (χ2n) is 6.73. The fraction of sp³-hybridized carbons (Fsp3) is 0.200. The molecular formula is C20H16F3N3O5. The van der Waals surface area contributed by atoms with E-state index in [1.54, 1.807) is 31.2 Å². The molecule has 3 aromatic rings. The van der Waals surface area contributed by atoms with Crippen molar-refractivity contribution in [3.05, 3.63) is 57.5 Å². The van der Waals surface area contributed by atoms with E-state index in [-0.39, 0.29) is 5.69 Å². The van der Waals surface area contributed by atoms with Crippen molar-refractivity contribution in [2.75, 3.05) is 6.54 Å². The Morgan fingerprint density at radius 2 is 1.87 bits per heavy atom. The number of halogens is 3. The highest BCUT2D eigenvalue weighted by Gasteiger charge is 2.38. The summed E-state index contributed by atoms with van der Waals surface area (Å²) < 4.78 is 42.0. The van der Waals surface area contributed by atoms with Crippen LogP contribution in [0.2, 0.25) is 0 Å². The smallest absolute Gasteiger partial charge is 0.435 e. The zero-order chi connectivity index (χ0) is 23.1. The lowest BCUT2D eigenvalue weighted by Crippen LogP contribution is -2.35. The third kappa shape index (κ3) is 3.93. The normalized spacial score (nSPS) is 11.5. The predicted octanol–water partition coefficient (Wildman–Crippen LogP) is 2.45. The van der Waals surface area contributed by atoms with Crippen LogP contribution in [0.25, 0.3) is 22.2 Å². The number of pyridine rings is 2. The molecule has 162 valence electrons. The number of carboxylic acids is 1. The van der Waals surface area contributed by atoms with Crippen molar-refractivity contribution >= 4 is 22.8 Å². The van der Waals surface area contributed by atoms with Gasteiger partial charge in [0.15, 0.2) is 5.69 Å². The minimum Gasteiger partial charge on any atom is -0.506 e. The predicted molar refractivity (Wildman–Crippen MR) is 104 cm³/mol. The summed E-state index contributed by atoms with van der Waals surface area (Å²) in [7, 11) is 1.00. The van der Waals surface area contributed by atoms with Gasteiger partial charge in [-0.2, -0.15) is 13.2 Å². The van der Waals surface area contributed by atoms with E-state index in [4.69, 9.17) is 5.11 Å². The number of hydrogen-bond acceptors (Lipinski definition) is 5. The maximum Gasteiger partial charge on any atom is 0.435 e. The van der Waals surface area contributed by atoms with Gasteiger partial charge in [-0.15, -0.1) is 0 Å². The van der Waals surface area contributed by atoms with E-state index < -0.39 is 58.1 Å². The molecule has 11 heteroatoms. The molecular weight excluding hydrogens is 419 g/mol. The first-order valence-electron chi connectivity index (χ1n) is 8.83. The Bertz CT molecular complexity index is 1280. The monoisotopic (exact) mass is 435 g/mol. The number of aliphatic carboxylic acids is 1. The van der Waals surface area contributed by atoms with E-state index in [2.05, 4.69) is 4.98 Å². The molecule has 0 aliphatic carbocycles. The number of amides is 1. The second-order valence-corrected chi connectivity index (χ2v) is 6.73. The topological polar surface area (TPSA) is 122 Å². The molecule has 0 saturated heterocycles. The number of fused-ring (bicyclic) bond motifs is 1. The molecule has 0 saturated carbocycles. The minimum atomic E-state index is -4.97. The Morgan fingerprint density at radius 3 is 2.45 bits per heavy atom. The number of carbonyl (C=O) groups excluding carboxylic acids is 1. The van der Waals surface area contributed by atoms with Gasteiger partial charge in [-0.05, 0) is 18.6 Å². The van der Waals surface area contributed by atoms with Crippen molar-refractivity contribution in [2.45, 2.75) is 13.1 Å². The first-order chi connectivity index (χ1) is 14.4. The fourth-order valence-corrected chi connectivity index (χ4v) is 3.21. The van der Waals surface area contributed by atoms with Crippen LogP contribution in [0.5, 0.6) is 5.75 Å². The van der Waals surface area contributed by atoms with Gasteiger partial charge < -0.3 is 20.1 Å². The zero-order valence-corrected chi connectivity index (χ0v) is 16.2. The van der Waals surface area contributed by atoms with Gasteiger partial charge in [0.1, 0.15) is 17.9 Å². The number of carboxylic acid groups (broad SMARTS) is 1. The molecule has 0 fully saturated rings. The number of nitrogens with zero attached hydrogens (tertiary/aromatic N) is 2. The lowest BCUT2D eigenvalue weighted by molar-refractivity contribution is -0.140. The van der Waals surface area contributed by atoms with Gasteiger partial charge in [-0.3, -0.25) is 14.4 Å². The quantitative estimate of drug-likeness (QED) is 0.579. The molecule has 2 aromatic heterocycles. The summed E-state index contributed by atoms with van der Waals surface area (Å²) in [6, 6.07) is 7.65. The Labute approximate surface area is 172 Å². The summed E-state index contributed by atoms with van der Waals surface area (Å²) in [5.74, 6) is -3.63. The third-order valence-electron chi connectivity index (χ3n) is 4.66. The highest BCUT2D eigenvalue weighted by molar-refractivity contribution is 6.04. The number of alkyl halides is 3. The third-order valence-corrected chi connectivity index (χ3v) is 4.66. The maximum absolute atomic E-state index is 13.8. The number of rotatable bonds is 4. The van der Waals surface area contributed by atoms with Crippen LogP contribution in [0, 0.1) is 6.92 Å². The lowest BCUT2D eigenvalue weighted by atomic mass is 10.0. The fourth-order valence-electron chi connectivity index (χ4n) is 3.21. The van der Waals surface area contributed by atoms with E-state index in [0.29, 0.717) is 15.7 Å². The molecule has 2 heterocycles. The van der Waals surface area contributed by atoms with Crippen LogP contribution >= 0.6 is 0 Å². The van der Waals surface area contributed by atoms with E-state index >= 15 is 0 Å². The average molecular weight is 435 g/mol. The van der Waals surface area contributed by atoms with Crippen molar-refractivity contribution < 1.29 is 33.0 Å². The number of aromatic hydroxyl groups is 1. The minimum absolute atomic E-state index is 0.122. The van der Waals surface area contributed by atoms with Gasteiger partial charge in [0.25, 0.3) is 11.5 Å². The van der Waals surface area contributed by atoms with E-state index in [0.717, 1.165) is 13.1 Å². The molecule has 1 amide bonds. The Balaban J connectivity index is 2.41. The summed E-state index contributed by atoms with van der Waals surface area (Å²) in [5.41, 5.74) is -3.36. The van der Waals surface area contributed by atoms with Crippen LogP contribution in [0.1, 0.15) is 21.6 Å². The van der Waals surface area contributed by atoms with Gasteiger partial charge in [0, 0.05) is 18.0 Å².